The fourth-order valence-corrected chi connectivity index (χ4v) is 3.81. The third-order valence-electron chi connectivity index (χ3n) is 4.00. The molecule has 3 nitrogen and oxygen atoms in total. The van der Waals surface area contributed by atoms with Crippen molar-refractivity contribution in [3.05, 3.63) is 16.4 Å². The van der Waals surface area contributed by atoms with Crippen LogP contribution in [0.1, 0.15) is 25.0 Å². The average Bonchev–Trinajstić information content (AvgIpc) is 2.70. The zero-order valence-electron chi connectivity index (χ0n) is 8.96. The Labute approximate surface area is 98.4 Å². The van der Waals surface area contributed by atoms with Gasteiger partial charge in [-0.05, 0) is 54.2 Å². The number of nitrogens with zero attached hydrogens (tertiary/aromatic N) is 2. The van der Waals surface area contributed by atoms with Crippen molar-refractivity contribution >= 4 is 15.9 Å². The molecular formula is C11H16BrN3. The van der Waals surface area contributed by atoms with Gasteiger partial charge in [0.15, 0.2) is 0 Å². The molecule has 2 aliphatic rings. The molecule has 1 aromatic rings. The van der Waals surface area contributed by atoms with Crippen LogP contribution in [-0.2, 0) is 12.5 Å². The van der Waals surface area contributed by atoms with Crippen LogP contribution < -0.4 is 5.32 Å². The molecule has 3 rings (SSSR count). The summed E-state index contributed by atoms with van der Waals surface area (Å²) < 4.78 is 3.24. The second-order valence-electron chi connectivity index (χ2n) is 4.81. The van der Waals surface area contributed by atoms with Gasteiger partial charge in [-0.1, -0.05) is 0 Å². The number of hydrogen-bond donors (Lipinski definition) is 1. The average molecular weight is 270 g/mol. The quantitative estimate of drug-likeness (QED) is 0.888. The molecular weight excluding hydrogens is 254 g/mol. The van der Waals surface area contributed by atoms with E-state index in [-0.39, 0.29) is 0 Å². The van der Waals surface area contributed by atoms with Gasteiger partial charge in [0, 0.05) is 12.5 Å². The summed E-state index contributed by atoms with van der Waals surface area (Å²) in [5, 5.41) is 7.82. The molecule has 0 bridgehead atoms. The monoisotopic (exact) mass is 269 g/mol. The van der Waals surface area contributed by atoms with E-state index in [0.29, 0.717) is 5.41 Å². The summed E-state index contributed by atoms with van der Waals surface area (Å²) in [4.78, 5) is 0. The Morgan fingerprint density at radius 1 is 1.60 bits per heavy atom. The first kappa shape index (κ1) is 9.85. The molecule has 15 heavy (non-hydrogen) atoms. The maximum absolute atomic E-state index is 4.34. The Balaban J connectivity index is 1.98. The van der Waals surface area contributed by atoms with Gasteiger partial charge in [0.05, 0.1) is 16.4 Å². The Bertz CT molecular complexity index is 356. The van der Waals surface area contributed by atoms with Crippen LogP contribution in [0.5, 0.6) is 0 Å². The molecule has 0 radical (unpaired) electrons. The predicted octanol–water partition coefficient (Wildman–Crippen LogP) is 1.82. The Morgan fingerprint density at radius 3 is 2.87 bits per heavy atom. The summed E-state index contributed by atoms with van der Waals surface area (Å²) in [5.41, 5.74) is 1.84. The number of aromatic nitrogens is 2. The number of rotatable bonds is 2. The normalized spacial score (nSPS) is 28.3. The summed E-state index contributed by atoms with van der Waals surface area (Å²) in [7, 11) is 2.06. The standard InChI is InChI=1S/C11H16BrN3/c1-15-10(9(12)7-14-15)11(3-4-11)8-2-5-13-6-8/h7-8,13H,2-6H2,1H3. The highest BCUT2D eigenvalue weighted by molar-refractivity contribution is 9.10. The van der Waals surface area contributed by atoms with Crippen LogP contribution in [-0.4, -0.2) is 22.9 Å². The van der Waals surface area contributed by atoms with E-state index in [2.05, 4.69) is 38.1 Å². The number of nitrogens with one attached hydrogen (secondary N) is 1. The van der Waals surface area contributed by atoms with Crippen molar-refractivity contribution in [1.29, 1.82) is 0 Å². The van der Waals surface area contributed by atoms with Gasteiger partial charge in [0.1, 0.15) is 0 Å². The molecule has 1 aliphatic carbocycles. The first-order chi connectivity index (χ1) is 7.24. The maximum atomic E-state index is 4.34. The van der Waals surface area contributed by atoms with Gasteiger partial charge in [0.2, 0.25) is 0 Å². The lowest BCUT2D eigenvalue weighted by atomic mass is 9.85. The molecule has 1 unspecified atom stereocenters. The molecule has 82 valence electrons. The van der Waals surface area contributed by atoms with Crippen molar-refractivity contribution in [3.63, 3.8) is 0 Å². The van der Waals surface area contributed by atoms with Gasteiger partial charge in [-0.25, -0.2) is 0 Å². The minimum Gasteiger partial charge on any atom is -0.316 e. The molecule has 1 N–H and O–H groups in total. The molecule has 0 aromatic carbocycles. The third kappa shape index (κ3) is 1.38. The van der Waals surface area contributed by atoms with Gasteiger partial charge in [0.25, 0.3) is 0 Å². The highest BCUT2D eigenvalue weighted by Crippen LogP contribution is 2.56. The highest BCUT2D eigenvalue weighted by atomic mass is 79.9. The number of aryl methyl sites for hydroxylation is 1. The molecule has 1 aliphatic heterocycles. The molecule has 0 amide bonds. The van der Waals surface area contributed by atoms with E-state index in [9.17, 15) is 0 Å². The van der Waals surface area contributed by atoms with Crippen LogP contribution in [0.2, 0.25) is 0 Å². The summed E-state index contributed by atoms with van der Waals surface area (Å²) in [6.45, 7) is 2.36. The third-order valence-corrected chi connectivity index (χ3v) is 4.58. The minimum absolute atomic E-state index is 0.424. The van der Waals surface area contributed by atoms with Crippen molar-refractivity contribution in [3.8, 4) is 0 Å². The van der Waals surface area contributed by atoms with E-state index >= 15 is 0 Å². The van der Waals surface area contributed by atoms with Gasteiger partial charge in [-0.2, -0.15) is 5.10 Å². The van der Waals surface area contributed by atoms with Gasteiger partial charge in [-0.3, -0.25) is 4.68 Å². The highest BCUT2D eigenvalue weighted by Gasteiger charge is 2.53. The van der Waals surface area contributed by atoms with Crippen LogP contribution in [0.3, 0.4) is 0 Å². The van der Waals surface area contributed by atoms with Gasteiger partial charge >= 0.3 is 0 Å². The lowest BCUT2D eigenvalue weighted by Crippen LogP contribution is -2.25. The van der Waals surface area contributed by atoms with Crippen molar-refractivity contribution in [1.82, 2.24) is 15.1 Å². The summed E-state index contributed by atoms with van der Waals surface area (Å²) in [5.74, 6) is 0.809. The predicted molar refractivity (Wildman–Crippen MR) is 62.8 cm³/mol. The zero-order valence-corrected chi connectivity index (χ0v) is 10.5. The Hall–Kier alpha value is -0.350. The van der Waals surface area contributed by atoms with Crippen molar-refractivity contribution in [2.45, 2.75) is 24.7 Å². The molecule has 1 saturated heterocycles. The summed E-state index contributed by atoms with van der Waals surface area (Å²) >= 11 is 3.64. The maximum Gasteiger partial charge on any atom is 0.0635 e. The first-order valence-electron chi connectivity index (χ1n) is 5.63. The van der Waals surface area contributed by atoms with Crippen LogP contribution >= 0.6 is 15.9 Å². The van der Waals surface area contributed by atoms with Crippen LogP contribution in [0.25, 0.3) is 0 Å². The van der Waals surface area contributed by atoms with E-state index < -0.39 is 0 Å². The molecule has 1 aromatic heterocycles. The fraction of sp³-hybridized carbons (Fsp3) is 0.727. The van der Waals surface area contributed by atoms with Crippen LogP contribution in [0.4, 0.5) is 0 Å². The van der Waals surface area contributed by atoms with Crippen LogP contribution in [0.15, 0.2) is 10.7 Å². The van der Waals surface area contributed by atoms with Crippen molar-refractivity contribution < 1.29 is 0 Å². The van der Waals surface area contributed by atoms with Crippen LogP contribution in [0, 0.1) is 5.92 Å². The smallest absolute Gasteiger partial charge is 0.0635 e. The van der Waals surface area contributed by atoms with E-state index in [1.54, 1.807) is 0 Å². The fourth-order valence-electron chi connectivity index (χ4n) is 3.07. The topological polar surface area (TPSA) is 29.9 Å². The van der Waals surface area contributed by atoms with Gasteiger partial charge in [-0.15, -0.1) is 0 Å². The molecule has 1 atom stereocenters. The molecule has 0 spiro atoms. The van der Waals surface area contributed by atoms with E-state index in [1.165, 1.54) is 42.5 Å². The lowest BCUT2D eigenvalue weighted by molar-refractivity contribution is 0.413. The van der Waals surface area contributed by atoms with Crippen molar-refractivity contribution in [2.24, 2.45) is 13.0 Å². The minimum atomic E-state index is 0.424. The lowest BCUT2D eigenvalue weighted by Gasteiger charge is -2.23. The summed E-state index contributed by atoms with van der Waals surface area (Å²) in [6.07, 6.45) is 5.91. The van der Waals surface area contributed by atoms with E-state index in [4.69, 9.17) is 0 Å². The second-order valence-corrected chi connectivity index (χ2v) is 5.66. The largest absolute Gasteiger partial charge is 0.316 e. The first-order valence-corrected chi connectivity index (χ1v) is 6.42. The Kier molecular flexibility index (Phi) is 2.18. The summed E-state index contributed by atoms with van der Waals surface area (Å²) in [6, 6.07) is 0. The van der Waals surface area contributed by atoms with Gasteiger partial charge < -0.3 is 5.32 Å². The molecule has 2 heterocycles. The second kappa shape index (κ2) is 3.32. The van der Waals surface area contributed by atoms with E-state index in [0.717, 1.165) is 5.92 Å². The Morgan fingerprint density at radius 2 is 2.40 bits per heavy atom. The number of hydrogen-bond acceptors (Lipinski definition) is 2. The molecule has 1 saturated carbocycles. The molecule has 2 fully saturated rings. The zero-order chi connectivity index (χ0) is 10.5. The van der Waals surface area contributed by atoms with Crippen molar-refractivity contribution in [2.75, 3.05) is 13.1 Å². The van der Waals surface area contributed by atoms with E-state index in [1.807, 2.05) is 6.20 Å². The number of halogens is 1. The molecule has 4 heteroatoms. The SMILES string of the molecule is Cn1ncc(Br)c1C1(C2CCNC2)CC1.